The summed E-state index contributed by atoms with van der Waals surface area (Å²) in [5.74, 6) is 0.373. The van der Waals surface area contributed by atoms with Crippen LogP contribution in [0.3, 0.4) is 0 Å². The number of hydrogen-bond acceptors (Lipinski definition) is 3. The van der Waals surface area contributed by atoms with Crippen molar-refractivity contribution in [3.05, 3.63) is 0 Å². The zero-order chi connectivity index (χ0) is 10.7. The van der Waals surface area contributed by atoms with E-state index in [9.17, 15) is 8.42 Å². The molecule has 0 amide bonds. The van der Waals surface area contributed by atoms with Crippen LogP contribution in [0, 0.1) is 0 Å². The molecule has 0 aromatic heterocycles. The van der Waals surface area contributed by atoms with Gasteiger partial charge in [-0.3, -0.25) is 0 Å². The molecule has 15 heavy (non-hydrogen) atoms. The Bertz CT molecular complexity index is 288. The van der Waals surface area contributed by atoms with Crippen molar-refractivity contribution in [2.75, 3.05) is 12.3 Å². The highest BCUT2D eigenvalue weighted by molar-refractivity contribution is 7.92. The molecule has 3 nitrogen and oxygen atoms in total. The average Bonchev–Trinajstić information content (AvgIpc) is 2.71. The third-order valence-corrected chi connectivity index (χ3v) is 6.01. The van der Waals surface area contributed by atoms with Crippen LogP contribution in [0.15, 0.2) is 0 Å². The normalized spacial score (nSPS) is 29.5. The molecular weight excluding hydrogens is 210 g/mol. The Morgan fingerprint density at radius 1 is 1.00 bits per heavy atom. The molecule has 0 aromatic carbocycles. The van der Waals surface area contributed by atoms with Gasteiger partial charge in [-0.25, -0.2) is 8.42 Å². The lowest BCUT2D eigenvalue weighted by Crippen LogP contribution is -2.35. The molecule has 1 N–H and O–H groups in total. The fraction of sp³-hybridized carbons (Fsp3) is 1.00. The van der Waals surface area contributed by atoms with Crippen molar-refractivity contribution in [1.82, 2.24) is 5.32 Å². The van der Waals surface area contributed by atoms with Gasteiger partial charge in [0.2, 0.25) is 0 Å². The van der Waals surface area contributed by atoms with Crippen LogP contribution in [0.5, 0.6) is 0 Å². The van der Waals surface area contributed by atoms with Crippen LogP contribution in [0.1, 0.15) is 44.9 Å². The molecule has 1 saturated carbocycles. The molecule has 1 aliphatic heterocycles. The topological polar surface area (TPSA) is 46.2 Å². The van der Waals surface area contributed by atoms with Gasteiger partial charge in [-0.05, 0) is 32.2 Å². The third-order valence-electron chi connectivity index (χ3n) is 3.66. The van der Waals surface area contributed by atoms with Crippen LogP contribution in [-0.2, 0) is 9.84 Å². The van der Waals surface area contributed by atoms with Gasteiger partial charge in [0.05, 0.1) is 11.0 Å². The van der Waals surface area contributed by atoms with Crippen LogP contribution >= 0.6 is 0 Å². The molecule has 1 heterocycles. The Kier molecular flexibility index (Phi) is 3.67. The van der Waals surface area contributed by atoms with Crippen molar-refractivity contribution >= 4 is 9.84 Å². The molecule has 0 unspecified atom stereocenters. The van der Waals surface area contributed by atoms with E-state index in [4.69, 9.17) is 0 Å². The van der Waals surface area contributed by atoms with Crippen molar-refractivity contribution in [3.8, 4) is 0 Å². The summed E-state index contributed by atoms with van der Waals surface area (Å²) >= 11 is 0. The number of sulfone groups is 1. The van der Waals surface area contributed by atoms with Crippen molar-refractivity contribution in [2.24, 2.45) is 0 Å². The van der Waals surface area contributed by atoms with E-state index in [1.54, 1.807) is 0 Å². The van der Waals surface area contributed by atoms with E-state index in [-0.39, 0.29) is 11.3 Å². The first-order valence-corrected chi connectivity index (χ1v) is 7.85. The van der Waals surface area contributed by atoms with E-state index in [1.165, 1.54) is 6.42 Å². The summed E-state index contributed by atoms with van der Waals surface area (Å²) in [6.07, 6.45) is 7.37. The summed E-state index contributed by atoms with van der Waals surface area (Å²) in [5.41, 5.74) is 0. The molecule has 2 aliphatic rings. The molecule has 4 heteroatoms. The first-order chi connectivity index (χ1) is 7.18. The second kappa shape index (κ2) is 4.83. The van der Waals surface area contributed by atoms with E-state index in [0.29, 0.717) is 5.75 Å². The van der Waals surface area contributed by atoms with Crippen molar-refractivity contribution in [3.63, 3.8) is 0 Å². The highest BCUT2D eigenvalue weighted by atomic mass is 32.2. The summed E-state index contributed by atoms with van der Waals surface area (Å²) in [4.78, 5) is 0. The van der Waals surface area contributed by atoms with Crippen molar-refractivity contribution in [2.45, 2.75) is 56.2 Å². The second-order valence-corrected chi connectivity index (χ2v) is 7.21. The SMILES string of the molecule is O=S(=O)(C[C@H]1CCCN1)C1CCCCC1. The van der Waals surface area contributed by atoms with Crippen LogP contribution < -0.4 is 5.32 Å². The molecular formula is C11H21NO2S. The van der Waals surface area contributed by atoms with Gasteiger partial charge in [0, 0.05) is 6.04 Å². The molecule has 0 radical (unpaired) electrons. The molecule has 88 valence electrons. The highest BCUT2D eigenvalue weighted by Gasteiger charge is 2.30. The molecule has 2 fully saturated rings. The number of hydrogen-bond donors (Lipinski definition) is 1. The lowest BCUT2D eigenvalue weighted by Gasteiger charge is -2.23. The minimum Gasteiger partial charge on any atom is -0.313 e. The predicted molar refractivity (Wildman–Crippen MR) is 61.7 cm³/mol. The van der Waals surface area contributed by atoms with Gasteiger partial charge in [-0.15, -0.1) is 0 Å². The maximum Gasteiger partial charge on any atom is 0.154 e. The summed E-state index contributed by atoms with van der Waals surface area (Å²) in [5, 5.41) is 3.24. The molecule has 0 bridgehead atoms. The molecule has 0 spiro atoms. The minimum atomic E-state index is -2.83. The lowest BCUT2D eigenvalue weighted by atomic mass is 10.0. The summed E-state index contributed by atoms with van der Waals surface area (Å²) < 4.78 is 24.2. The van der Waals surface area contributed by atoms with Gasteiger partial charge < -0.3 is 5.32 Å². The Labute approximate surface area is 92.6 Å². The average molecular weight is 231 g/mol. The largest absolute Gasteiger partial charge is 0.313 e. The highest BCUT2D eigenvalue weighted by Crippen LogP contribution is 2.25. The Balaban J connectivity index is 1.92. The molecule has 1 saturated heterocycles. The monoisotopic (exact) mass is 231 g/mol. The number of rotatable bonds is 3. The van der Waals surface area contributed by atoms with Crippen molar-refractivity contribution in [1.29, 1.82) is 0 Å². The third kappa shape index (κ3) is 2.94. The Morgan fingerprint density at radius 2 is 1.73 bits per heavy atom. The van der Waals surface area contributed by atoms with Gasteiger partial charge >= 0.3 is 0 Å². The second-order valence-electron chi connectivity index (χ2n) is 4.88. The molecule has 1 atom stereocenters. The van der Waals surface area contributed by atoms with Gasteiger partial charge in [-0.1, -0.05) is 19.3 Å². The fourth-order valence-corrected chi connectivity index (χ4v) is 4.91. The molecule has 2 rings (SSSR count). The maximum absolute atomic E-state index is 12.1. The fourth-order valence-electron chi connectivity index (χ4n) is 2.74. The van der Waals surface area contributed by atoms with E-state index < -0.39 is 9.84 Å². The standard InChI is InChI=1S/C11H21NO2S/c13-15(14,9-10-5-4-8-12-10)11-6-2-1-3-7-11/h10-12H,1-9H2/t10-/m1/s1. The van der Waals surface area contributed by atoms with Crippen molar-refractivity contribution < 1.29 is 8.42 Å². The van der Waals surface area contributed by atoms with Gasteiger partial charge in [0.15, 0.2) is 9.84 Å². The summed E-state index contributed by atoms with van der Waals surface area (Å²) in [6.45, 7) is 0.991. The first kappa shape index (κ1) is 11.4. The van der Waals surface area contributed by atoms with E-state index in [0.717, 1.165) is 45.1 Å². The Morgan fingerprint density at radius 3 is 2.33 bits per heavy atom. The van der Waals surface area contributed by atoms with E-state index in [2.05, 4.69) is 5.32 Å². The van der Waals surface area contributed by atoms with E-state index in [1.807, 2.05) is 0 Å². The van der Waals surface area contributed by atoms with Crippen LogP contribution in [-0.4, -0.2) is 32.0 Å². The Hall–Kier alpha value is -0.0900. The zero-order valence-electron chi connectivity index (χ0n) is 9.24. The van der Waals surface area contributed by atoms with Crippen LogP contribution in [0.25, 0.3) is 0 Å². The lowest BCUT2D eigenvalue weighted by molar-refractivity contribution is 0.479. The van der Waals surface area contributed by atoms with Gasteiger partial charge in [0.25, 0.3) is 0 Å². The summed E-state index contributed by atoms with van der Waals surface area (Å²) in [7, 11) is -2.83. The molecule has 1 aliphatic carbocycles. The molecule has 0 aromatic rings. The predicted octanol–water partition coefficient (Wildman–Crippen LogP) is 1.49. The van der Waals surface area contributed by atoms with Crippen LogP contribution in [0.4, 0.5) is 0 Å². The first-order valence-electron chi connectivity index (χ1n) is 6.13. The quantitative estimate of drug-likeness (QED) is 0.800. The maximum atomic E-state index is 12.1. The van der Waals surface area contributed by atoms with E-state index >= 15 is 0 Å². The van der Waals surface area contributed by atoms with Crippen LogP contribution in [0.2, 0.25) is 0 Å². The minimum absolute atomic E-state index is 0.0337. The zero-order valence-corrected chi connectivity index (χ0v) is 10.1. The number of nitrogens with one attached hydrogen (secondary N) is 1. The van der Waals surface area contributed by atoms with Gasteiger partial charge in [0.1, 0.15) is 0 Å². The summed E-state index contributed by atoms with van der Waals surface area (Å²) in [6, 6.07) is 0.233. The smallest absolute Gasteiger partial charge is 0.154 e. The van der Waals surface area contributed by atoms with Gasteiger partial charge in [-0.2, -0.15) is 0 Å².